The van der Waals surface area contributed by atoms with E-state index in [2.05, 4.69) is 0 Å². The van der Waals surface area contributed by atoms with E-state index in [0.29, 0.717) is 5.02 Å². The van der Waals surface area contributed by atoms with Gasteiger partial charge in [0.1, 0.15) is 5.75 Å². The van der Waals surface area contributed by atoms with Crippen molar-refractivity contribution in [1.29, 1.82) is 0 Å². The van der Waals surface area contributed by atoms with Gasteiger partial charge in [0.15, 0.2) is 5.94 Å². The molecule has 0 spiro atoms. The van der Waals surface area contributed by atoms with E-state index < -0.39 is 15.8 Å². The number of ether oxygens (including phenoxy) is 1. The normalized spacial score (nSPS) is 11.3. The third kappa shape index (κ3) is 3.66. The zero-order valence-corrected chi connectivity index (χ0v) is 13.0. The monoisotopic (exact) mass is 330 g/mol. The maximum atomic E-state index is 12.1. The number of rotatable bonds is 4. The second kappa shape index (κ2) is 6.04. The number of benzene rings is 2. The third-order valence-corrected chi connectivity index (χ3v) is 4.59. The minimum absolute atomic E-state index is 0.216. The number of hydrogen-bond donors (Lipinski definition) is 0. The predicted octanol–water partition coefficient (Wildman–Crippen LogP) is 4.11. The predicted molar refractivity (Wildman–Crippen MR) is 80.3 cm³/mol. The topological polar surface area (TPSA) is 43.4 Å². The van der Waals surface area contributed by atoms with Crippen molar-refractivity contribution in [3.05, 3.63) is 58.1 Å². The largest absolute Gasteiger partial charge is 0.476 e. The van der Waals surface area contributed by atoms with Gasteiger partial charge in [0.25, 0.3) is 0 Å². The van der Waals surface area contributed by atoms with Gasteiger partial charge in [0, 0.05) is 5.02 Å². The van der Waals surface area contributed by atoms with Crippen LogP contribution in [0.4, 0.5) is 0 Å². The van der Waals surface area contributed by atoms with Crippen molar-refractivity contribution in [2.45, 2.75) is 11.8 Å². The molecular weight excluding hydrogens is 319 g/mol. The van der Waals surface area contributed by atoms with E-state index in [1.807, 2.05) is 6.92 Å². The van der Waals surface area contributed by atoms with Crippen LogP contribution in [0.5, 0.6) is 5.75 Å². The van der Waals surface area contributed by atoms with Crippen LogP contribution in [0.1, 0.15) is 5.56 Å². The fourth-order valence-electron chi connectivity index (χ4n) is 1.55. The highest BCUT2D eigenvalue weighted by atomic mass is 35.5. The van der Waals surface area contributed by atoms with Crippen molar-refractivity contribution < 1.29 is 13.2 Å². The summed E-state index contributed by atoms with van der Waals surface area (Å²) in [5.74, 6) is -0.191. The molecule has 6 heteroatoms. The molecule has 0 aliphatic carbocycles. The molecule has 2 aromatic carbocycles. The maximum Gasteiger partial charge on any atom is 0.213 e. The molecule has 0 N–H and O–H groups in total. The molecule has 20 heavy (non-hydrogen) atoms. The molecule has 0 unspecified atom stereocenters. The summed E-state index contributed by atoms with van der Waals surface area (Å²) < 4.78 is 29.5. The Morgan fingerprint density at radius 1 is 1.05 bits per heavy atom. The van der Waals surface area contributed by atoms with E-state index in [1.54, 1.807) is 30.3 Å². The molecule has 0 amide bonds. The summed E-state index contributed by atoms with van der Waals surface area (Å²) in [6.45, 7) is 1.89. The molecule has 106 valence electrons. The average Bonchev–Trinajstić information content (AvgIpc) is 2.38. The molecule has 0 radical (unpaired) electrons. The third-order valence-electron chi connectivity index (χ3n) is 2.64. The van der Waals surface area contributed by atoms with Crippen molar-refractivity contribution in [3.63, 3.8) is 0 Å². The van der Waals surface area contributed by atoms with E-state index in [-0.39, 0.29) is 15.7 Å². The average molecular weight is 331 g/mol. The molecule has 0 aliphatic rings. The van der Waals surface area contributed by atoms with Crippen molar-refractivity contribution in [1.82, 2.24) is 0 Å². The molecule has 2 rings (SSSR count). The Kier molecular flexibility index (Phi) is 4.58. The lowest BCUT2D eigenvalue weighted by Crippen LogP contribution is -2.12. The van der Waals surface area contributed by atoms with E-state index in [4.69, 9.17) is 27.9 Å². The first-order chi connectivity index (χ1) is 9.38. The first-order valence-electron chi connectivity index (χ1n) is 5.76. The van der Waals surface area contributed by atoms with Crippen LogP contribution < -0.4 is 4.74 Å². The zero-order chi connectivity index (χ0) is 14.8. The minimum Gasteiger partial charge on any atom is -0.476 e. The first kappa shape index (κ1) is 15.2. The van der Waals surface area contributed by atoms with E-state index in [0.717, 1.165) is 5.56 Å². The van der Waals surface area contributed by atoms with E-state index >= 15 is 0 Å². The Morgan fingerprint density at radius 3 is 2.30 bits per heavy atom. The van der Waals surface area contributed by atoms with Crippen LogP contribution in [0.2, 0.25) is 10.0 Å². The highest BCUT2D eigenvalue weighted by Gasteiger charge is 2.16. The Hall–Kier alpha value is -1.23. The summed E-state index contributed by atoms with van der Waals surface area (Å²) in [6.07, 6.45) is 0. The van der Waals surface area contributed by atoms with Gasteiger partial charge in [0.05, 0.1) is 9.92 Å². The Bertz CT molecular complexity index is 710. The van der Waals surface area contributed by atoms with Crippen LogP contribution in [0.3, 0.4) is 0 Å². The van der Waals surface area contributed by atoms with Crippen LogP contribution in [-0.2, 0) is 9.84 Å². The van der Waals surface area contributed by atoms with Gasteiger partial charge in [-0.3, -0.25) is 0 Å². The van der Waals surface area contributed by atoms with Crippen molar-refractivity contribution >= 4 is 33.0 Å². The Morgan fingerprint density at radius 2 is 1.70 bits per heavy atom. The standard InChI is InChI=1S/C14H12Cl2O3S/c1-10-2-5-12(6-3-10)20(17,18)9-19-14-7-4-11(15)8-13(14)16/h2-8H,9H2,1H3. The number of sulfone groups is 1. The van der Waals surface area contributed by atoms with Crippen LogP contribution in [0, 0.1) is 6.92 Å². The highest BCUT2D eigenvalue weighted by molar-refractivity contribution is 7.91. The smallest absolute Gasteiger partial charge is 0.213 e. The minimum atomic E-state index is -3.52. The summed E-state index contributed by atoms with van der Waals surface area (Å²) >= 11 is 11.7. The summed E-state index contributed by atoms with van der Waals surface area (Å²) in [5.41, 5.74) is 0.991. The quantitative estimate of drug-likeness (QED) is 0.847. The Labute approximate surface area is 128 Å². The fourth-order valence-corrected chi connectivity index (χ4v) is 2.98. The summed E-state index contributed by atoms with van der Waals surface area (Å²) in [4.78, 5) is 0.216. The molecular formula is C14H12Cl2O3S. The molecule has 0 heterocycles. The molecule has 0 bridgehead atoms. The maximum absolute atomic E-state index is 12.1. The van der Waals surface area contributed by atoms with E-state index in [9.17, 15) is 8.42 Å². The van der Waals surface area contributed by atoms with Gasteiger partial charge in [0.2, 0.25) is 9.84 Å². The van der Waals surface area contributed by atoms with Crippen molar-refractivity contribution in [3.8, 4) is 5.75 Å². The fraction of sp³-hybridized carbons (Fsp3) is 0.143. The highest BCUT2D eigenvalue weighted by Crippen LogP contribution is 2.28. The van der Waals surface area contributed by atoms with Crippen molar-refractivity contribution in [2.75, 3.05) is 5.94 Å². The lowest BCUT2D eigenvalue weighted by Gasteiger charge is -2.09. The number of halogens is 2. The van der Waals surface area contributed by atoms with Gasteiger partial charge < -0.3 is 4.74 Å². The molecule has 0 aliphatic heterocycles. The SMILES string of the molecule is Cc1ccc(S(=O)(=O)COc2ccc(Cl)cc2Cl)cc1. The number of hydrogen-bond acceptors (Lipinski definition) is 3. The summed E-state index contributed by atoms with van der Waals surface area (Å²) in [5, 5.41) is 0.736. The molecule has 0 saturated carbocycles. The van der Waals surface area contributed by atoms with Gasteiger partial charge in [-0.05, 0) is 37.3 Å². The van der Waals surface area contributed by atoms with Crippen LogP contribution in [-0.4, -0.2) is 14.4 Å². The van der Waals surface area contributed by atoms with Gasteiger partial charge in [-0.1, -0.05) is 40.9 Å². The number of aryl methyl sites for hydroxylation is 1. The molecule has 0 saturated heterocycles. The Balaban J connectivity index is 2.15. The van der Waals surface area contributed by atoms with Gasteiger partial charge in [-0.15, -0.1) is 0 Å². The van der Waals surface area contributed by atoms with Crippen LogP contribution in [0.15, 0.2) is 47.4 Å². The van der Waals surface area contributed by atoms with Crippen LogP contribution in [0.25, 0.3) is 0 Å². The lowest BCUT2D eigenvalue weighted by molar-refractivity contribution is 0.377. The second-order valence-corrected chi connectivity index (χ2v) is 7.04. The molecule has 2 aromatic rings. The molecule has 0 aromatic heterocycles. The zero-order valence-electron chi connectivity index (χ0n) is 10.6. The van der Waals surface area contributed by atoms with Crippen LogP contribution >= 0.6 is 23.2 Å². The summed E-state index contributed by atoms with van der Waals surface area (Å²) in [6, 6.07) is 11.2. The van der Waals surface area contributed by atoms with Crippen molar-refractivity contribution in [2.24, 2.45) is 0 Å². The molecule has 3 nitrogen and oxygen atoms in total. The molecule has 0 atom stereocenters. The van der Waals surface area contributed by atoms with Gasteiger partial charge in [-0.2, -0.15) is 0 Å². The first-order valence-corrected chi connectivity index (χ1v) is 8.16. The summed E-state index contributed by atoms with van der Waals surface area (Å²) in [7, 11) is -3.52. The second-order valence-electron chi connectivity index (χ2n) is 4.26. The van der Waals surface area contributed by atoms with E-state index in [1.165, 1.54) is 12.1 Å². The van der Waals surface area contributed by atoms with Gasteiger partial charge >= 0.3 is 0 Å². The molecule has 0 fully saturated rings. The van der Waals surface area contributed by atoms with Gasteiger partial charge in [-0.25, -0.2) is 8.42 Å². The lowest BCUT2D eigenvalue weighted by atomic mass is 10.2.